The van der Waals surface area contributed by atoms with Gasteiger partial charge in [-0.1, -0.05) is 30.3 Å². The van der Waals surface area contributed by atoms with Crippen LogP contribution in [0.25, 0.3) is 0 Å². The van der Waals surface area contributed by atoms with Crippen molar-refractivity contribution in [2.24, 2.45) is 9.50 Å². The van der Waals surface area contributed by atoms with Crippen molar-refractivity contribution in [1.29, 1.82) is 0 Å². The molecule has 1 aliphatic carbocycles. The van der Waals surface area contributed by atoms with Crippen LogP contribution in [0.1, 0.15) is 34.2 Å². The van der Waals surface area contributed by atoms with Crippen molar-refractivity contribution in [1.82, 2.24) is 4.72 Å². The molecule has 0 aliphatic heterocycles. The summed E-state index contributed by atoms with van der Waals surface area (Å²) in [6.07, 6.45) is -1.89. The Balaban J connectivity index is 1.27. The maximum absolute atomic E-state index is 12.4. The first-order chi connectivity index (χ1) is 17.7. The van der Waals surface area contributed by atoms with E-state index in [1.807, 2.05) is 56.3 Å². The van der Waals surface area contributed by atoms with E-state index in [4.69, 9.17) is 0 Å². The molecule has 11 heteroatoms. The molecule has 7 nitrogen and oxygen atoms in total. The fourth-order valence-electron chi connectivity index (χ4n) is 3.84. The van der Waals surface area contributed by atoms with Crippen LogP contribution < -0.4 is 20.2 Å². The highest BCUT2D eigenvalue weighted by Crippen LogP contribution is 2.30. The van der Waals surface area contributed by atoms with E-state index < -0.39 is 6.36 Å². The van der Waals surface area contributed by atoms with Gasteiger partial charge in [-0.25, -0.2) is 9.19 Å². The highest BCUT2D eigenvalue weighted by Gasteiger charge is 2.31. The molecule has 2 amide bonds. The molecule has 0 aromatic heterocycles. The fourth-order valence-corrected chi connectivity index (χ4v) is 4.20. The van der Waals surface area contributed by atoms with Crippen LogP contribution in [0.4, 0.5) is 29.3 Å². The molecule has 0 spiro atoms. The molecule has 0 atom stereocenters. The predicted molar refractivity (Wildman–Crippen MR) is 141 cm³/mol. The summed E-state index contributed by atoms with van der Waals surface area (Å²) in [5.41, 5.74) is 9.61. The second kappa shape index (κ2) is 11.4. The zero-order valence-electron chi connectivity index (χ0n) is 20.0. The van der Waals surface area contributed by atoms with Gasteiger partial charge in [-0.2, -0.15) is 5.10 Å². The van der Waals surface area contributed by atoms with Crippen LogP contribution in [0.2, 0.25) is 0 Å². The molecule has 0 bridgehead atoms. The second-order valence-electron chi connectivity index (χ2n) is 8.31. The van der Waals surface area contributed by atoms with Crippen LogP contribution in [0.3, 0.4) is 0 Å². The lowest BCUT2D eigenvalue weighted by molar-refractivity contribution is -0.274. The number of anilines is 2. The number of alkyl halides is 3. The van der Waals surface area contributed by atoms with Crippen molar-refractivity contribution >= 4 is 41.5 Å². The zero-order chi connectivity index (χ0) is 26.4. The lowest BCUT2D eigenvalue weighted by Crippen LogP contribution is -2.23. The SMILES string of the molecule is Cc1cccc(C)c1NC(=O)NS/N=C/c1ccc(N/N=C2/CCc3cc(OC(F)(F)F)ccc32)cc1. The number of carbonyl (C=O) groups excluding carboxylic acids is 1. The number of ether oxygens (including phenoxy) is 1. The van der Waals surface area contributed by atoms with Crippen molar-refractivity contribution < 1.29 is 22.7 Å². The first kappa shape index (κ1) is 26.1. The summed E-state index contributed by atoms with van der Waals surface area (Å²) in [7, 11) is 0. The van der Waals surface area contributed by atoms with E-state index in [0.29, 0.717) is 12.8 Å². The van der Waals surface area contributed by atoms with E-state index in [1.165, 1.54) is 12.1 Å². The van der Waals surface area contributed by atoms with Crippen molar-refractivity contribution in [2.45, 2.75) is 33.1 Å². The van der Waals surface area contributed by atoms with E-state index >= 15 is 0 Å². The van der Waals surface area contributed by atoms with Crippen molar-refractivity contribution in [3.8, 4) is 5.75 Å². The molecule has 0 unspecified atom stereocenters. The Hall–Kier alpha value is -3.99. The Bertz CT molecular complexity index is 1320. The van der Waals surface area contributed by atoms with E-state index in [-0.39, 0.29) is 11.8 Å². The number of fused-ring (bicyclic) bond motifs is 1. The molecule has 3 aromatic carbocycles. The Morgan fingerprint density at radius 2 is 1.76 bits per heavy atom. The fraction of sp³-hybridized carbons (Fsp3) is 0.192. The number of urea groups is 1. The monoisotopic (exact) mass is 527 g/mol. The number of hydrazone groups is 1. The molecule has 0 saturated carbocycles. The Morgan fingerprint density at radius 3 is 2.46 bits per heavy atom. The average molecular weight is 528 g/mol. The first-order valence-electron chi connectivity index (χ1n) is 11.3. The third-order valence-corrected chi connectivity index (χ3v) is 6.08. The lowest BCUT2D eigenvalue weighted by Gasteiger charge is -2.10. The number of hydrogen-bond donors (Lipinski definition) is 3. The van der Waals surface area contributed by atoms with E-state index in [9.17, 15) is 18.0 Å². The van der Waals surface area contributed by atoms with Crippen LogP contribution in [-0.2, 0) is 6.42 Å². The third-order valence-electron chi connectivity index (χ3n) is 5.60. The van der Waals surface area contributed by atoms with E-state index in [0.717, 1.165) is 57.0 Å². The second-order valence-corrected chi connectivity index (χ2v) is 8.91. The number of benzene rings is 3. The predicted octanol–water partition coefficient (Wildman–Crippen LogP) is 6.77. The number of hydrogen-bond acceptors (Lipinski definition) is 6. The van der Waals surface area contributed by atoms with Crippen LogP contribution in [0.5, 0.6) is 5.75 Å². The summed E-state index contributed by atoms with van der Waals surface area (Å²) >= 11 is 0.914. The Labute approximate surface area is 216 Å². The number of rotatable bonds is 7. The van der Waals surface area contributed by atoms with Gasteiger partial charge in [0.25, 0.3) is 0 Å². The minimum absolute atomic E-state index is 0.229. The molecule has 192 valence electrons. The summed E-state index contributed by atoms with van der Waals surface area (Å²) in [6, 6.07) is 17.0. The highest BCUT2D eigenvalue weighted by molar-refractivity contribution is 7.96. The van der Waals surface area contributed by atoms with Gasteiger partial charge in [0.15, 0.2) is 0 Å². The van der Waals surface area contributed by atoms with Crippen LogP contribution in [0.15, 0.2) is 70.2 Å². The minimum Gasteiger partial charge on any atom is -0.406 e. The Kier molecular flexibility index (Phi) is 8.02. The molecule has 3 aromatic rings. The molecule has 0 heterocycles. The van der Waals surface area contributed by atoms with Crippen molar-refractivity contribution in [3.05, 3.63) is 88.5 Å². The standard InChI is InChI=1S/C26H24F3N5O2S/c1-16-4-3-5-17(2)24(16)31-25(35)34-37-30-15-18-6-9-20(10-7-18)32-33-23-13-8-19-14-21(11-12-22(19)23)36-26(27,28)29/h3-7,9-12,14-15,32H,8,13H2,1-2H3,(H2,31,34,35)/b30-15+,33-23-. The molecular weight excluding hydrogens is 503 g/mol. The molecule has 4 rings (SSSR count). The van der Waals surface area contributed by atoms with Crippen molar-refractivity contribution in [3.63, 3.8) is 0 Å². The number of halogens is 3. The minimum atomic E-state index is -4.72. The number of carbonyl (C=O) groups is 1. The lowest BCUT2D eigenvalue weighted by atomic mass is 10.1. The van der Waals surface area contributed by atoms with Gasteiger partial charge in [0.1, 0.15) is 5.75 Å². The van der Waals surface area contributed by atoms with Gasteiger partial charge in [-0.3, -0.25) is 10.1 Å². The quantitative estimate of drug-likeness (QED) is 0.180. The largest absolute Gasteiger partial charge is 0.573 e. The molecule has 3 N–H and O–H groups in total. The van der Waals surface area contributed by atoms with Gasteiger partial charge in [0, 0.05) is 17.5 Å². The van der Waals surface area contributed by atoms with Gasteiger partial charge in [-0.15, -0.1) is 13.2 Å². The van der Waals surface area contributed by atoms with Gasteiger partial charge in [0.2, 0.25) is 0 Å². The van der Waals surface area contributed by atoms with Gasteiger partial charge >= 0.3 is 12.4 Å². The molecule has 0 fully saturated rings. The Morgan fingerprint density at radius 1 is 1.03 bits per heavy atom. The van der Waals surface area contributed by atoms with Gasteiger partial charge in [0.05, 0.1) is 23.5 Å². The van der Waals surface area contributed by atoms with E-state index in [1.54, 1.807) is 12.3 Å². The third kappa shape index (κ3) is 7.26. The maximum Gasteiger partial charge on any atom is 0.573 e. The van der Waals surface area contributed by atoms with Gasteiger partial charge in [-0.05, 0) is 79.3 Å². The van der Waals surface area contributed by atoms with Crippen LogP contribution in [-0.4, -0.2) is 24.3 Å². The molecule has 0 saturated heterocycles. The van der Waals surface area contributed by atoms with Crippen molar-refractivity contribution in [2.75, 3.05) is 10.7 Å². The molecule has 37 heavy (non-hydrogen) atoms. The number of nitrogens with zero attached hydrogens (tertiary/aromatic N) is 2. The normalized spacial score (nSPS) is 14.0. The molecule has 0 radical (unpaired) electrons. The topological polar surface area (TPSA) is 87.1 Å². The summed E-state index contributed by atoms with van der Waals surface area (Å²) in [4.78, 5) is 12.1. The van der Waals surface area contributed by atoms with Crippen LogP contribution in [0, 0.1) is 13.8 Å². The molecular formula is C26H24F3N5O2S. The van der Waals surface area contributed by atoms with Crippen LogP contribution >= 0.6 is 12.1 Å². The van der Waals surface area contributed by atoms with E-state index in [2.05, 4.69) is 29.7 Å². The zero-order valence-corrected chi connectivity index (χ0v) is 20.8. The summed E-state index contributed by atoms with van der Waals surface area (Å²) in [5.74, 6) is -0.229. The summed E-state index contributed by atoms with van der Waals surface area (Å²) < 4.78 is 48.1. The van der Waals surface area contributed by atoms with Gasteiger partial charge < -0.3 is 10.1 Å². The highest BCUT2D eigenvalue weighted by atomic mass is 32.2. The summed E-state index contributed by atoms with van der Waals surface area (Å²) in [5, 5.41) is 7.24. The summed E-state index contributed by atoms with van der Waals surface area (Å²) in [6.45, 7) is 3.86. The number of nitrogens with one attached hydrogen (secondary N) is 3. The number of para-hydroxylation sites is 1. The molecule has 1 aliphatic rings. The number of aryl methyl sites for hydroxylation is 3. The number of amides is 2. The smallest absolute Gasteiger partial charge is 0.406 e. The maximum atomic E-state index is 12.4. The first-order valence-corrected chi connectivity index (χ1v) is 12.1. The average Bonchev–Trinajstić information content (AvgIpc) is 3.25.